The van der Waals surface area contributed by atoms with Crippen LogP contribution in [-0.2, 0) is 11.2 Å². The summed E-state index contributed by atoms with van der Waals surface area (Å²) in [5, 5.41) is 10.5. The summed E-state index contributed by atoms with van der Waals surface area (Å²) in [7, 11) is 0. The van der Waals surface area contributed by atoms with Gasteiger partial charge in [-0.15, -0.1) is 0 Å². The minimum absolute atomic E-state index is 0.0938. The van der Waals surface area contributed by atoms with E-state index < -0.39 is 0 Å². The molecule has 94 valence electrons. The Bertz CT molecular complexity index is 576. The molecule has 0 bridgehead atoms. The van der Waals surface area contributed by atoms with Gasteiger partial charge in [-0.2, -0.15) is 0 Å². The molecule has 0 saturated carbocycles. The van der Waals surface area contributed by atoms with Gasteiger partial charge in [0.15, 0.2) is 0 Å². The van der Waals surface area contributed by atoms with Crippen molar-refractivity contribution in [1.29, 1.82) is 0 Å². The van der Waals surface area contributed by atoms with E-state index in [1.54, 1.807) is 4.90 Å². The van der Waals surface area contributed by atoms with Gasteiger partial charge in [0.1, 0.15) is 0 Å². The highest BCUT2D eigenvalue weighted by Gasteiger charge is 2.24. The average Bonchev–Trinajstić information content (AvgIpc) is 2.97. The normalized spacial score (nSPS) is 19.6. The average molecular weight is 244 g/mol. The van der Waals surface area contributed by atoms with Crippen LogP contribution < -0.4 is 0 Å². The van der Waals surface area contributed by atoms with Crippen LogP contribution in [0.25, 0.3) is 10.9 Å². The molecule has 1 amide bonds. The number of nitrogens with zero attached hydrogens (tertiary/aromatic N) is 1. The number of carbonyl (C=O) groups is 1. The van der Waals surface area contributed by atoms with Gasteiger partial charge in [0.2, 0.25) is 5.91 Å². The van der Waals surface area contributed by atoms with Crippen molar-refractivity contribution in [2.45, 2.75) is 18.9 Å². The first-order valence-corrected chi connectivity index (χ1v) is 6.25. The topological polar surface area (TPSA) is 56.3 Å². The summed E-state index contributed by atoms with van der Waals surface area (Å²) in [6.45, 7) is 1.14. The van der Waals surface area contributed by atoms with Crippen molar-refractivity contribution >= 4 is 16.8 Å². The lowest BCUT2D eigenvalue weighted by molar-refractivity contribution is -0.129. The lowest BCUT2D eigenvalue weighted by Crippen LogP contribution is -2.30. The summed E-state index contributed by atoms with van der Waals surface area (Å²) in [4.78, 5) is 17.0. The number of hydrogen-bond donors (Lipinski definition) is 2. The molecule has 0 aliphatic carbocycles. The van der Waals surface area contributed by atoms with Crippen LogP contribution >= 0.6 is 0 Å². The fourth-order valence-electron chi connectivity index (χ4n) is 2.52. The van der Waals surface area contributed by atoms with Crippen LogP contribution in [0.15, 0.2) is 30.5 Å². The third-order valence-corrected chi connectivity index (χ3v) is 3.53. The number of aromatic nitrogens is 1. The zero-order chi connectivity index (χ0) is 12.5. The maximum Gasteiger partial charge on any atom is 0.227 e. The highest BCUT2D eigenvalue weighted by atomic mass is 16.3. The minimum Gasteiger partial charge on any atom is -0.391 e. The Morgan fingerprint density at radius 1 is 1.44 bits per heavy atom. The number of aliphatic hydroxyl groups is 1. The zero-order valence-electron chi connectivity index (χ0n) is 10.1. The monoisotopic (exact) mass is 244 g/mol. The number of aliphatic hydroxyl groups excluding tert-OH is 1. The number of H-pyrrole nitrogens is 1. The molecular weight excluding hydrogens is 228 g/mol. The van der Waals surface area contributed by atoms with E-state index in [1.165, 1.54) is 0 Å². The molecule has 1 aromatic carbocycles. The van der Waals surface area contributed by atoms with E-state index in [1.807, 2.05) is 30.5 Å². The molecule has 2 N–H and O–H groups in total. The van der Waals surface area contributed by atoms with Crippen molar-refractivity contribution in [1.82, 2.24) is 9.88 Å². The molecule has 1 atom stereocenters. The molecule has 1 aliphatic heterocycles. The van der Waals surface area contributed by atoms with Crippen LogP contribution in [0.1, 0.15) is 12.0 Å². The molecule has 1 aromatic heterocycles. The number of β-amino-alcohol motifs (C(OH)–C–C–N with tert-alkyl or cyclic N) is 1. The van der Waals surface area contributed by atoms with Crippen LogP contribution in [-0.4, -0.2) is 40.1 Å². The van der Waals surface area contributed by atoms with Crippen LogP contribution in [0.4, 0.5) is 0 Å². The molecule has 0 spiro atoms. The fraction of sp³-hybridized carbons (Fsp3) is 0.357. The first-order chi connectivity index (χ1) is 8.74. The number of amides is 1. The molecule has 2 heterocycles. The van der Waals surface area contributed by atoms with Crippen molar-refractivity contribution in [3.05, 3.63) is 36.0 Å². The number of likely N-dealkylation sites (tertiary alicyclic amines) is 1. The molecule has 4 nitrogen and oxygen atoms in total. The summed E-state index contributed by atoms with van der Waals surface area (Å²) < 4.78 is 0. The number of para-hydroxylation sites is 1. The lowest BCUT2D eigenvalue weighted by Gasteiger charge is -2.14. The molecular formula is C14H16N2O2. The number of aromatic amines is 1. The van der Waals surface area contributed by atoms with Gasteiger partial charge in [0.05, 0.1) is 12.5 Å². The first kappa shape index (κ1) is 11.3. The Morgan fingerprint density at radius 2 is 2.28 bits per heavy atom. The standard InChI is InChI=1S/C14H16N2O2/c17-11-5-6-16(9-11)14(18)7-10-8-15-13-4-2-1-3-12(10)13/h1-4,8,11,15,17H,5-7,9H2. The van der Waals surface area contributed by atoms with Crippen LogP contribution in [0.3, 0.4) is 0 Å². The Labute approximate surface area is 105 Å². The van der Waals surface area contributed by atoms with Crippen molar-refractivity contribution in [2.75, 3.05) is 13.1 Å². The third-order valence-electron chi connectivity index (χ3n) is 3.53. The second-order valence-corrected chi connectivity index (χ2v) is 4.82. The molecule has 0 radical (unpaired) electrons. The highest BCUT2D eigenvalue weighted by Crippen LogP contribution is 2.19. The van der Waals surface area contributed by atoms with Crippen molar-refractivity contribution in [3.8, 4) is 0 Å². The summed E-state index contributed by atoms with van der Waals surface area (Å²) in [5.74, 6) is 0.0938. The number of nitrogens with one attached hydrogen (secondary N) is 1. The minimum atomic E-state index is -0.350. The van der Waals surface area contributed by atoms with E-state index in [9.17, 15) is 9.90 Å². The van der Waals surface area contributed by atoms with Crippen LogP contribution in [0.2, 0.25) is 0 Å². The molecule has 18 heavy (non-hydrogen) atoms. The van der Waals surface area contributed by atoms with Crippen LogP contribution in [0, 0.1) is 0 Å². The fourth-order valence-corrected chi connectivity index (χ4v) is 2.52. The molecule has 4 heteroatoms. The van der Waals surface area contributed by atoms with Gasteiger partial charge in [-0.3, -0.25) is 4.79 Å². The van der Waals surface area contributed by atoms with Gasteiger partial charge >= 0.3 is 0 Å². The Hall–Kier alpha value is -1.81. The Kier molecular flexibility index (Phi) is 2.80. The maximum atomic E-state index is 12.1. The maximum absolute atomic E-state index is 12.1. The van der Waals surface area contributed by atoms with Gasteiger partial charge in [-0.1, -0.05) is 18.2 Å². The van der Waals surface area contributed by atoms with E-state index in [0.717, 1.165) is 16.5 Å². The number of carbonyl (C=O) groups excluding carboxylic acids is 1. The largest absolute Gasteiger partial charge is 0.391 e. The molecule has 1 unspecified atom stereocenters. The van der Waals surface area contributed by atoms with Gasteiger partial charge in [-0.05, 0) is 18.1 Å². The lowest BCUT2D eigenvalue weighted by atomic mass is 10.1. The SMILES string of the molecule is O=C(Cc1c[nH]c2ccccc12)N1CCC(O)C1. The summed E-state index contributed by atoms with van der Waals surface area (Å²) in [5.41, 5.74) is 2.08. The van der Waals surface area contributed by atoms with Crippen LogP contribution in [0.5, 0.6) is 0 Å². The molecule has 3 rings (SSSR count). The van der Waals surface area contributed by atoms with Gasteiger partial charge < -0.3 is 15.0 Å². The summed E-state index contributed by atoms with van der Waals surface area (Å²) >= 11 is 0. The first-order valence-electron chi connectivity index (χ1n) is 6.25. The quantitative estimate of drug-likeness (QED) is 0.836. The van der Waals surface area contributed by atoms with E-state index in [2.05, 4.69) is 4.98 Å². The van der Waals surface area contributed by atoms with Crippen molar-refractivity contribution in [3.63, 3.8) is 0 Å². The molecule has 1 aliphatic rings. The van der Waals surface area contributed by atoms with Crippen molar-refractivity contribution < 1.29 is 9.90 Å². The number of benzene rings is 1. The molecule has 1 fully saturated rings. The van der Waals surface area contributed by atoms with Crippen molar-refractivity contribution in [2.24, 2.45) is 0 Å². The number of hydrogen-bond acceptors (Lipinski definition) is 2. The Morgan fingerprint density at radius 3 is 3.06 bits per heavy atom. The van der Waals surface area contributed by atoms with E-state index in [-0.39, 0.29) is 12.0 Å². The number of rotatable bonds is 2. The predicted molar refractivity (Wildman–Crippen MR) is 69.2 cm³/mol. The second kappa shape index (κ2) is 4.46. The molecule has 1 saturated heterocycles. The number of fused-ring (bicyclic) bond motifs is 1. The smallest absolute Gasteiger partial charge is 0.227 e. The van der Waals surface area contributed by atoms with Gasteiger partial charge in [0, 0.05) is 30.2 Å². The Balaban J connectivity index is 1.78. The zero-order valence-corrected chi connectivity index (χ0v) is 10.1. The van der Waals surface area contributed by atoms with E-state index in [0.29, 0.717) is 25.9 Å². The summed E-state index contributed by atoms with van der Waals surface area (Å²) in [6.07, 6.45) is 2.64. The highest BCUT2D eigenvalue weighted by molar-refractivity contribution is 5.88. The summed E-state index contributed by atoms with van der Waals surface area (Å²) in [6, 6.07) is 7.97. The van der Waals surface area contributed by atoms with E-state index >= 15 is 0 Å². The van der Waals surface area contributed by atoms with Gasteiger partial charge in [-0.25, -0.2) is 0 Å². The third kappa shape index (κ3) is 1.99. The predicted octanol–water partition coefficient (Wildman–Crippen LogP) is 1.30. The van der Waals surface area contributed by atoms with E-state index in [4.69, 9.17) is 0 Å². The van der Waals surface area contributed by atoms with Gasteiger partial charge in [0.25, 0.3) is 0 Å². The molecule has 2 aromatic rings. The second-order valence-electron chi connectivity index (χ2n) is 4.82.